The smallest absolute Gasteiger partial charge is 0.167 e. The molecule has 0 fully saturated rings. The lowest BCUT2D eigenvalue weighted by Crippen LogP contribution is -1.99. The molecule has 0 aliphatic carbocycles. The SMILES string of the molecule is CCCCCCCc1ccc(-c2ccc(-c3ccc(CCCCCCC)c(F)c3F)c(F)c2)cc1. The molecular weight excluding hydrogens is 441 g/mol. The van der Waals surface area contributed by atoms with Crippen molar-refractivity contribution in [2.75, 3.05) is 0 Å². The first-order chi connectivity index (χ1) is 17.0. The minimum Gasteiger partial charge on any atom is -0.206 e. The molecule has 3 rings (SSSR count). The zero-order valence-electron chi connectivity index (χ0n) is 21.3. The zero-order valence-corrected chi connectivity index (χ0v) is 21.3. The third-order valence-corrected chi connectivity index (χ3v) is 6.83. The van der Waals surface area contributed by atoms with Gasteiger partial charge in [0, 0.05) is 11.1 Å². The van der Waals surface area contributed by atoms with Gasteiger partial charge in [0.15, 0.2) is 11.6 Å². The molecular formula is C32H39F3. The molecule has 0 atom stereocenters. The Labute approximate surface area is 209 Å². The molecule has 188 valence electrons. The number of rotatable bonds is 14. The summed E-state index contributed by atoms with van der Waals surface area (Å²) in [7, 11) is 0. The van der Waals surface area contributed by atoms with Gasteiger partial charge in [0.1, 0.15) is 5.82 Å². The molecule has 0 heterocycles. The Morgan fingerprint density at radius 3 is 1.71 bits per heavy atom. The summed E-state index contributed by atoms with van der Waals surface area (Å²) in [6.07, 6.45) is 13.1. The molecule has 35 heavy (non-hydrogen) atoms. The van der Waals surface area contributed by atoms with Crippen molar-refractivity contribution >= 4 is 0 Å². The summed E-state index contributed by atoms with van der Waals surface area (Å²) < 4.78 is 44.6. The average molecular weight is 481 g/mol. The summed E-state index contributed by atoms with van der Waals surface area (Å²) in [5.74, 6) is -2.37. The third kappa shape index (κ3) is 7.72. The van der Waals surface area contributed by atoms with E-state index in [-0.39, 0.29) is 11.1 Å². The molecule has 0 bridgehead atoms. The molecule has 0 aliphatic heterocycles. The van der Waals surface area contributed by atoms with Crippen LogP contribution in [-0.4, -0.2) is 0 Å². The lowest BCUT2D eigenvalue weighted by molar-refractivity contribution is 0.497. The van der Waals surface area contributed by atoms with Gasteiger partial charge in [-0.15, -0.1) is 0 Å². The Bertz CT molecular complexity index is 1050. The Morgan fingerprint density at radius 1 is 0.514 bits per heavy atom. The van der Waals surface area contributed by atoms with Crippen LogP contribution < -0.4 is 0 Å². The predicted molar refractivity (Wildman–Crippen MR) is 142 cm³/mol. The van der Waals surface area contributed by atoms with Crippen LogP contribution in [0, 0.1) is 17.5 Å². The zero-order chi connectivity index (χ0) is 25.0. The average Bonchev–Trinajstić information content (AvgIpc) is 2.87. The van der Waals surface area contributed by atoms with Crippen molar-refractivity contribution in [2.45, 2.75) is 90.9 Å². The van der Waals surface area contributed by atoms with Crippen LogP contribution in [0.1, 0.15) is 89.2 Å². The van der Waals surface area contributed by atoms with E-state index < -0.39 is 17.5 Å². The van der Waals surface area contributed by atoms with Crippen LogP contribution in [0.4, 0.5) is 13.2 Å². The van der Waals surface area contributed by atoms with E-state index in [4.69, 9.17) is 0 Å². The number of benzene rings is 3. The van der Waals surface area contributed by atoms with E-state index in [0.717, 1.165) is 49.7 Å². The van der Waals surface area contributed by atoms with E-state index in [9.17, 15) is 8.78 Å². The van der Waals surface area contributed by atoms with E-state index in [0.29, 0.717) is 12.0 Å². The van der Waals surface area contributed by atoms with E-state index in [2.05, 4.69) is 26.0 Å². The first kappa shape index (κ1) is 27.0. The molecule has 0 spiro atoms. The Balaban J connectivity index is 1.67. The van der Waals surface area contributed by atoms with Crippen LogP contribution in [-0.2, 0) is 12.8 Å². The lowest BCUT2D eigenvalue weighted by Gasteiger charge is -2.11. The van der Waals surface area contributed by atoms with E-state index in [1.807, 2.05) is 12.1 Å². The van der Waals surface area contributed by atoms with Crippen molar-refractivity contribution in [2.24, 2.45) is 0 Å². The topological polar surface area (TPSA) is 0 Å². The molecule has 0 nitrogen and oxygen atoms in total. The fraction of sp³-hybridized carbons (Fsp3) is 0.438. The van der Waals surface area contributed by atoms with Gasteiger partial charge >= 0.3 is 0 Å². The molecule has 0 saturated heterocycles. The van der Waals surface area contributed by atoms with Crippen LogP contribution in [0.5, 0.6) is 0 Å². The van der Waals surface area contributed by atoms with E-state index in [1.54, 1.807) is 18.2 Å². The third-order valence-electron chi connectivity index (χ3n) is 6.83. The predicted octanol–water partition coefficient (Wildman–Crippen LogP) is 10.5. The molecule has 0 amide bonds. The Hall–Kier alpha value is -2.55. The van der Waals surface area contributed by atoms with Crippen LogP contribution in [0.25, 0.3) is 22.3 Å². The van der Waals surface area contributed by atoms with Gasteiger partial charge in [-0.3, -0.25) is 0 Å². The number of unbranched alkanes of at least 4 members (excludes halogenated alkanes) is 8. The number of halogens is 3. The van der Waals surface area contributed by atoms with Crippen LogP contribution in [0.2, 0.25) is 0 Å². The van der Waals surface area contributed by atoms with Gasteiger partial charge in [-0.1, -0.05) is 114 Å². The molecule has 0 saturated carbocycles. The van der Waals surface area contributed by atoms with Crippen molar-refractivity contribution in [1.82, 2.24) is 0 Å². The maximum Gasteiger partial charge on any atom is 0.167 e. The Kier molecular flexibility index (Phi) is 10.9. The standard InChI is InChI=1S/C32H39F3/c1-3-5-7-9-11-13-24-15-17-25(18-16-24)27-20-21-28(30(33)23-27)29-22-19-26(31(34)32(29)35)14-12-10-8-6-4-2/h15-23H,3-14H2,1-2H3. The normalized spacial score (nSPS) is 11.2. The second kappa shape index (κ2) is 14.1. The Morgan fingerprint density at radius 2 is 1.09 bits per heavy atom. The second-order valence-electron chi connectivity index (χ2n) is 9.62. The molecule has 3 aromatic carbocycles. The minimum absolute atomic E-state index is 0.0281. The molecule has 3 heteroatoms. The summed E-state index contributed by atoms with van der Waals surface area (Å²) in [6, 6.07) is 16.0. The van der Waals surface area contributed by atoms with Crippen LogP contribution in [0.3, 0.4) is 0 Å². The van der Waals surface area contributed by atoms with Gasteiger partial charge in [-0.05, 0) is 54.0 Å². The lowest BCUT2D eigenvalue weighted by atomic mass is 9.96. The highest BCUT2D eigenvalue weighted by molar-refractivity contribution is 5.71. The van der Waals surface area contributed by atoms with Gasteiger partial charge in [0.2, 0.25) is 0 Å². The van der Waals surface area contributed by atoms with Gasteiger partial charge in [0.25, 0.3) is 0 Å². The number of aryl methyl sites for hydroxylation is 2. The van der Waals surface area contributed by atoms with Gasteiger partial charge in [0.05, 0.1) is 0 Å². The van der Waals surface area contributed by atoms with Crippen molar-refractivity contribution in [3.63, 3.8) is 0 Å². The largest absolute Gasteiger partial charge is 0.206 e. The molecule has 0 aliphatic rings. The van der Waals surface area contributed by atoms with E-state index >= 15 is 4.39 Å². The summed E-state index contributed by atoms with van der Waals surface area (Å²) in [5, 5.41) is 0. The van der Waals surface area contributed by atoms with Gasteiger partial charge in [-0.25, -0.2) is 13.2 Å². The van der Waals surface area contributed by atoms with Crippen molar-refractivity contribution in [3.8, 4) is 22.3 Å². The quantitative estimate of drug-likeness (QED) is 0.201. The molecule has 0 unspecified atom stereocenters. The first-order valence-corrected chi connectivity index (χ1v) is 13.4. The first-order valence-electron chi connectivity index (χ1n) is 13.4. The minimum atomic E-state index is -0.967. The summed E-state index contributed by atoms with van der Waals surface area (Å²) in [5.41, 5.74) is 3.35. The summed E-state index contributed by atoms with van der Waals surface area (Å²) in [4.78, 5) is 0. The van der Waals surface area contributed by atoms with Crippen LogP contribution in [0.15, 0.2) is 54.6 Å². The van der Waals surface area contributed by atoms with Crippen LogP contribution >= 0.6 is 0 Å². The molecule has 3 aromatic rings. The number of hydrogen-bond donors (Lipinski definition) is 0. The van der Waals surface area contributed by atoms with Gasteiger partial charge < -0.3 is 0 Å². The number of hydrogen-bond acceptors (Lipinski definition) is 0. The summed E-state index contributed by atoms with van der Waals surface area (Å²) in [6.45, 7) is 4.36. The highest BCUT2D eigenvalue weighted by atomic mass is 19.2. The fourth-order valence-corrected chi connectivity index (χ4v) is 4.62. The van der Waals surface area contributed by atoms with Crippen molar-refractivity contribution in [3.05, 3.63) is 83.2 Å². The second-order valence-corrected chi connectivity index (χ2v) is 9.62. The van der Waals surface area contributed by atoms with Crippen molar-refractivity contribution < 1.29 is 13.2 Å². The highest BCUT2D eigenvalue weighted by Gasteiger charge is 2.17. The van der Waals surface area contributed by atoms with E-state index in [1.165, 1.54) is 49.8 Å². The summed E-state index contributed by atoms with van der Waals surface area (Å²) >= 11 is 0. The van der Waals surface area contributed by atoms with Gasteiger partial charge in [-0.2, -0.15) is 0 Å². The fourth-order valence-electron chi connectivity index (χ4n) is 4.62. The monoisotopic (exact) mass is 480 g/mol. The van der Waals surface area contributed by atoms with Crippen molar-refractivity contribution in [1.29, 1.82) is 0 Å². The highest BCUT2D eigenvalue weighted by Crippen LogP contribution is 2.32. The molecule has 0 aromatic heterocycles. The molecule has 0 N–H and O–H groups in total. The maximum atomic E-state index is 15.0. The molecule has 0 radical (unpaired) electrons. The maximum absolute atomic E-state index is 15.0.